The minimum atomic E-state index is -0.831. The lowest BCUT2D eigenvalue weighted by molar-refractivity contribution is 0.509. The van der Waals surface area contributed by atoms with Gasteiger partial charge in [-0.25, -0.2) is 8.78 Å². The van der Waals surface area contributed by atoms with Gasteiger partial charge in [-0.05, 0) is 41.4 Å². The van der Waals surface area contributed by atoms with Crippen LogP contribution >= 0.6 is 11.3 Å². The first-order valence-electron chi connectivity index (χ1n) is 4.90. The van der Waals surface area contributed by atoms with Crippen LogP contribution in [-0.4, -0.2) is 0 Å². The van der Waals surface area contributed by atoms with Crippen LogP contribution in [0.4, 0.5) is 14.5 Å². The molecular formula is C12H11F2NS. The van der Waals surface area contributed by atoms with E-state index in [-0.39, 0.29) is 6.04 Å². The van der Waals surface area contributed by atoms with E-state index in [9.17, 15) is 8.78 Å². The van der Waals surface area contributed by atoms with Crippen molar-refractivity contribution in [3.63, 3.8) is 0 Å². The summed E-state index contributed by atoms with van der Waals surface area (Å²) in [6, 6.07) is 5.90. The Hall–Kier alpha value is -1.42. The number of nitrogens with one attached hydrogen (secondary N) is 1. The number of halogens is 2. The van der Waals surface area contributed by atoms with Crippen molar-refractivity contribution in [2.45, 2.75) is 13.0 Å². The van der Waals surface area contributed by atoms with Gasteiger partial charge < -0.3 is 5.32 Å². The molecular weight excluding hydrogens is 228 g/mol. The van der Waals surface area contributed by atoms with E-state index in [1.807, 2.05) is 23.8 Å². The SMILES string of the molecule is CC(Nc1ccc(F)c(F)c1)c1ccsc1. The minimum Gasteiger partial charge on any atom is -0.378 e. The van der Waals surface area contributed by atoms with E-state index in [1.165, 1.54) is 6.07 Å². The van der Waals surface area contributed by atoms with Crippen LogP contribution < -0.4 is 5.32 Å². The third-order valence-electron chi connectivity index (χ3n) is 2.35. The van der Waals surface area contributed by atoms with Crippen molar-refractivity contribution in [3.8, 4) is 0 Å². The molecule has 1 aromatic heterocycles. The molecule has 0 spiro atoms. The van der Waals surface area contributed by atoms with Crippen molar-refractivity contribution in [2.75, 3.05) is 5.32 Å². The first kappa shape index (κ1) is 11.1. The second-order valence-corrected chi connectivity index (χ2v) is 4.33. The molecule has 1 N–H and O–H groups in total. The fourth-order valence-electron chi connectivity index (χ4n) is 1.44. The molecule has 2 aromatic rings. The van der Waals surface area contributed by atoms with Crippen molar-refractivity contribution in [3.05, 3.63) is 52.2 Å². The Morgan fingerprint density at radius 1 is 1.19 bits per heavy atom. The standard InChI is InChI=1S/C12H11F2NS/c1-8(9-4-5-16-7-9)15-10-2-3-11(13)12(14)6-10/h2-8,15H,1H3. The highest BCUT2D eigenvalue weighted by atomic mass is 32.1. The number of thiophene rings is 1. The zero-order chi connectivity index (χ0) is 11.5. The highest BCUT2D eigenvalue weighted by Crippen LogP contribution is 2.22. The molecule has 0 aliphatic rings. The second kappa shape index (κ2) is 4.61. The number of hydrogen-bond donors (Lipinski definition) is 1. The maximum absolute atomic E-state index is 13.0. The summed E-state index contributed by atoms with van der Waals surface area (Å²) < 4.78 is 25.7. The summed E-state index contributed by atoms with van der Waals surface area (Å²) in [5, 5.41) is 7.12. The van der Waals surface area contributed by atoms with Gasteiger partial charge in [-0.15, -0.1) is 0 Å². The molecule has 1 aromatic carbocycles. The molecule has 1 atom stereocenters. The monoisotopic (exact) mass is 239 g/mol. The Kier molecular flexibility index (Phi) is 3.19. The molecule has 84 valence electrons. The summed E-state index contributed by atoms with van der Waals surface area (Å²) in [5.41, 5.74) is 1.72. The molecule has 4 heteroatoms. The fourth-order valence-corrected chi connectivity index (χ4v) is 2.19. The molecule has 0 saturated carbocycles. The zero-order valence-electron chi connectivity index (χ0n) is 8.71. The van der Waals surface area contributed by atoms with Crippen LogP contribution in [0.25, 0.3) is 0 Å². The van der Waals surface area contributed by atoms with Gasteiger partial charge in [-0.1, -0.05) is 0 Å². The van der Waals surface area contributed by atoms with Crippen molar-refractivity contribution in [2.24, 2.45) is 0 Å². The van der Waals surface area contributed by atoms with Crippen molar-refractivity contribution < 1.29 is 8.78 Å². The van der Waals surface area contributed by atoms with E-state index in [0.29, 0.717) is 5.69 Å². The van der Waals surface area contributed by atoms with E-state index in [2.05, 4.69) is 5.32 Å². The summed E-state index contributed by atoms with van der Waals surface area (Å²) in [7, 11) is 0. The smallest absolute Gasteiger partial charge is 0.160 e. The molecule has 0 bridgehead atoms. The minimum absolute atomic E-state index is 0.0797. The predicted octanol–water partition coefficient (Wildman–Crippen LogP) is 4.20. The fraction of sp³-hybridized carbons (Fsp3) is 0.167. The molecule has 0 aliphatic heterocycles. The van der Waals surface area contributed by atoms with Gasteiger partial charge in [0.25, 0.3) is 0 Å². The first-order valence-corrected chi connectivity index (χ1v) is 5.85. The average Bonchev–Trinajstić information content (AvgIpc) is 2.77. The van der Waals surface area contributed by atoms with Gasteiger partial charge in [0.1, 0.15) is 0 Å². The van der Waals surface area contributed by atoms with Gasteiger partial charge in [0, 0.05) is 17.8 Å². The normalized spacial score (nSPS) is 12.4. The number of benzene rings is 1. The maximum Gasteiger partial charge on any atom is 0.160 e. The largest absolute Gasteiger partial charge is 0.378 e. The molecule has 0 radical (unpaired) electrons. The molecule has 0 saturated heterocycles. The molecule has 1 heterocycles. The summed E-state index contributed by atoms with van der Waals surface area (Å²) in [6.07, 6.45) is 0. The van der Waals surface area contributed by atoms with E-state index in [4.69, 9.17) is 0 Å². The Balaban J connectivity index is 2.12. The van der Waals surface area contributed by atoms with Crippen LogP contribution in [0.1, 0.15) is 18.5 Å². The summed E-state index contributed by atoms with van der Waals surface area (Å²) in [6.45, 7) is 1.98. The third kappa shape index (κ3) is 2.39. The van der Waals surface area contributed by atoms with E-state index in [0.717, 1.165) is 17.7 Å². The Labute approximate surface area is 96.7 Å². The van der Waals surface area contributed by atoms with Crippen LogP contribution in [0.15, 0.2) is 35.0 Å². The number of anilines is 1. The summed E-state index contributed by atoms with van der Waals surface area (Å²) >= 11 is 1.61. The van der Waals surface area contributed by atoms with Gasteiger partial charge in [0.2, 0.25) is 0 Å². The molecule has 16 heavy (non-hydrogen) atoms. The Morgan fingerprint density at radius 3 is 2.62 bits per heavy atom. The van der Waals surface area contributed by atoms with E-state index < -0.39 is 11.6 Å². The zero-order valence-corrected chi connectivity index (χ0v) is 9.52. The second-order valence-electron chi connectivity index (χ2n) is 3.55. The van der Waals surface area contributed by atoms with Gasteiger partial charge in [-0.3, -0.25) is 0 Å². The quantitative estimate of drug-likeness (QED) is 0.846. The number of rotatable bonds is 3. The molecule has 1 nitrogen and oxygen atoms in total. The van der Waals surface area contributed by atoms with Crippen LogP contribution in [-0.2, 0) is 0 Å². The number of hydrogen-bond acceptors (Lipinski definition) is 2. The van der Waals surface area contributed by atoms with Crippen LogP contribution in [0, 0.1) is 11.6 Å². The first-order chi connectivity index (χ1) is 7.66. The van der Waals surface area contributed by atoms with Crippen molar-refractivity contribution >= 4 is 17.0 Å². The maximum atomic E-state index is 13.0. The van der Waals surface area contributed by atoms with Crippen molar-refractivity contribution in [1.82, 2.24) is 0 Å². The van der Waals surface area contributed by atoms with E-state index in [1.54, 1.807) is 11.3 Å². The van der Waals surface area contributed by atoms with Gasteiger partial charge in [-0.2, -0.15) is 11.3 Å². The van der Waals surface area contributed by atoms with Gasteiger partial charge in [0.15, 0.2) is 11.6 Å². The lowest BCUT2D eigenvalue weighted by Gasteiger charge is -2.14. The van der Waals surface area contributed by atoms with Crippen LogP contribution in [0.2, 0.25) is 0 Å². The van der Waals surface area contributed by atoms with Crippen LogP contribution in [0.3, 0.4) is 0 Å². The topological polar surface area (TPSA) is 12.0 Å². The molecule has 2 rings (SSSR count). The van der Waals surface area contributed by atoms with Gasteiger partial charge in [0.05, 0.1) is 0 Å². The van der Waals surface area contributed by atoms with Crippen LogP contribution in [0.5, 0.6) is 0 Å². The molecule has 0 amide bonds. The molecule has 0 fully saturated rings. The highest BCUT2D eigenvalue weighted by molar-refractivity contribution is 7.07. The van der Waals surface area contributed by atoms with Crippen molar-refractivity contribution in [1.29, 1.82) is 0 Å². The summed E-state index contributed by atoms with van der Waals surface area (Å²) in [5.74, 6) is -1.66. The lowest BCUT2D eigenvalue weighted by Crippen LogP contribution is -2.05. The molecule has 1 unspecified atom stereocenters. The average molecular weight is 239 g/mol. The predicted molar refractivity (Wildman–Crippen MR) is 62.7 cm³/mol. The van der Waals surface area contributed by atoms with E-state index >= 15 is 0 Å². The Morgan fingerprint density at radius 2 is 2.00 bits per heavy atom. The van der Waals surface area contributed by atoms with Gasteiger partial charge >= 0.3 is 0 Å². The third-order valence-corrected chi connectivity index (χ3v) is 3.05. The molecule has 0 aliphatic carbocycles. The highest BCUT2D eigenvalue weighted by Gasteiger charge is 2.07. The lowest BCUT2D eigenvalue weighted by atomic mass is 10.1. The summed E-state index contributed by atoms with van der Waals surface area (Å²) in [4.78, 5) is 0. The Bertz CT molecular complexity index is 468.